The number of sulfonamides is 1. The third-order valence-electron chi connectivity index (χ3n) is 3.32. The molecule has 2 aromatic carbocycles. The highest BCUT2D eigenvalue weighted by Gasteiger charge is 2.15. The fraction of sp³-hybridized carbons (Fsp3) is 0.111. The molecule has 26 heavy (non-hydrogen) atoms. The van der Waals surface area contributed by atoms with Gasteiger partial charge in [0.25, 0.3) is 0 Å². The van der Waals surface area contributed by atoms with Crippen LogP contribution in [0.4, 0.5) is 4.39 Å². The Kier molecular flexibility index (Phi) is 6.37. The predicted molar refractivity (Wildman–Crippen MR) is 92.8 cm³/mol. The molecular formula is C18H16FNO5S. The van der Waals surface area contributed by atoms with E-state index in [1.165, 1.54) is 42.5 Å². The molecule has 0 atom stereocenters. The summed E-state index contributed by atoms with van der Waals surface area (Å²) in [4.78, 5) is 23.8. The third kappa shape index (κ3) is 5.08. The number of Topliss-reactive ketones (excluding diaryl/α,β-unsaturated/α-hetero) is 1. The number of ether oxygens (including phenoxy) is 1. The normalized spacial score (nSPS) is 11.0. The molecule has 6 nitrogen and oxygen atoms in total. The highest BCUT2D eigenvalue weighted by molar-refractivity contribution is 7.89. The van der Waals surface area contributed by atoms with Crippen molar-refractivity contribution in [1.29, 1.82) is 0 Å². The van der Waals surface area contributed by atoms with Crippen LogP contribution in [-0.2, 0) is 14.8 Å². The van der Waals surface area contributed by atoms with Crippen molar-refractivity contribution in [2.45, 2.75) is 4.90 Å². The Morgan fingerprint density at radius 3 is 2.19 bits per heavy atom. The van der Waals surface area contributed by atoms with Gasteiger partial charge in [0.1, 0.15) is 5.82 Å². The number of ketones is 1. The Hall–Kier alpha value is -2.84. The summed E-state index contributed by atoms with van der Waals surface area (Å²) in [6.45, 7) is 2.99. The molecule has 0 aliphatic rings. The Balaban J connectivity index is 1.98. The van der Waals surface area contributed by atoms with Crippen molar-refractivity contribution < 1.29 is 27.1 Å². The maximum Gasteiger partial charge on any atom is 0.338 e. The van der Waals surface area contributed by atoms with Gasteiger partial charge in [0.2, 0.25) is 10.0 Å². The predicted octanol–water partition coefficient (Wildman–Crippen LogP) is 2.33. The first-order chi connectivity index (χ1) is 12.3. The number of rotatable bonds is 8. The lowest BCUT2D eigenvalue weighted by Crippen LogP contribution is -2.23. The average Bonchev–Trinajstić information content (AvgIpc) is 2.65. The fourth-order valence-electron chi connectivity index (χ4n) is 1.96. The van der Waals surface area contributed by atoms with Crippen LogP contribution in [0.15, 0.2) is 66.1 Å². The second kappa shape index (κ2) is 8.50. The minimum absolute atomic E-state index is 0.0155. The summed E-state index contributed by atoms with van der Waals surface area (Å²) in [5.41, 5.74) is 0.313. The zero-order valence-electron chi connectivity index (χ0n) is 13.6. The second-order valence-electron chi connectivity index (χ2n) is 5.17. The maximum absolute atomic E-state index is 12.8. The van der Waals surface area contributed by atoms with Crippen molar-refractivity contribution in [3.05, 3.63) is 78.1 Å². The molecule has 0 saturated carbocycles. The van der Waals surface area contributed by atoms with Gasteiger partial charge in [0, 0.05) is 12.1 Å². The van der Waals surface area contributed by atoms with Crippen molar-refractivity contribution in [1.82, 2.24) is 4.72 Å². The molecule has 0 aliphatic carbocycles. The molecule has 1 N–H and O–H groups in total. The number of carbonyl (C=O) groups is 2. The summed E-state index contributed by atoms with van der Waals surface area (Å²) in [7, 11) is -3.69. The lowest BCUT2D eigenvalue weighted by molar-refractivity contribution is 0.0474. The number of carbonyl (C=O) groups excluding carboxylic acids is 2. The molecular weight excluding hydrogens is 361 g/mol. The Bertz CT molecular complexity index is 906. The van der Waals surface area contributed by atoms with Crippen LogP contribution in [0.3, 0.4) is 0 Å². The van der Waals surface area contributed by atoms with E-state index in [0.29, 0.717) is 0 Å². The van der Waals surface area contributed by atoms with Crippen LogP contribution in [0.1, 0.15) is 20.7 Å². The van der Waals surface area contributed by atoms with Gasteiger partial charge in [0.05, 0.1) is 10.5 Å². The molecule has 0 radical (unpaired) electrons. The summed E-state index contributed by atoms with van der Waals surface area (Å²) in [6.07, 6.45) is 1.40. The van der Waals surface area contributed by atoms with Gasteiger partial charge in [-0.3, -0.25) is 4.79 Å². The van der Waals surface area contributed by atoms with Crippen molar-refractivity contribution >= 4 is 21.8 Å². The number of esters is 1. The quantitative estimate of drug-likeness (QED) is 0.433. The number of benzene rings is 2. The van der Waals surface area contributed by atoms with E-state index in [1.54, 1.807) is 0 Å². The van der Waals surface area contributed by atoms with E-state index >= 15 is 0 Å². The molecule has 136 valence electrons. The zero-order chi connectivity index (χ0) is 19.2. The Labute approximate surface area is 150 Å². The largest absolute Gasteiger partial charge is 0.454 e. The first-order valence-corrected chi connectivity index (χ1v) is 8.98. The van der Waals surface area contributed by atoms with Gasteiger partial charge in [-0.25, -0.2) is 22.3 Å². The van der Waals surface area contributed by atoms with Crippen LogP contribution in [0.25, 0.3) is 0 Å². The maximum atomic E-state index is 12.8. The minimum Gasteiger partial charge on any atom is -0.454 e. The van der Waals surface area contributed by atoms with Crippen LogP contribution in [0, 0.1) is 5.82 Å². The monoisotopic (exact) mass is 377 g/mol. The molecule has 0 saturated heterocycles. The van der Waals surface area contributed by atoms with E-state index in [0.717, 1.165) is 12.1 Å². The smallest absolute Gasteiger partial charge is 0.338 e. The van der Waals surface area contributed by atoms with E-state index in [2.05, 4.69) is 11.3 Å². The van der Waals surface area contributed by atoms with Gasteiger partial charge in [0.15, 0.2) is 12.4 Å². The van der Waals surface area contributed by atoms with Gasteiger partial charge in [-0.05, 0) is 48.5 Å². The van der Waals surface area contributed by atoms with Gasteiger partial charge < -0.3 is 4.74 Å². The first-order valence-electron chi connectivity index (χ1n) is 7.50. The highest BCUT2D eigenvalue weighted by atomic mass is 32.2. The second-order valence-corrected chi connectivity index (χ2v) is 6.94. The lowest BCUT2D eigenvalue weighted by atomic mass is 10.1. The van der Waals surface area contributed by atoms with Crippen LogP contribution >= 0.6 is 0 Å². The zero-order valence-corrected chi connectivity index (χ0v) is 14.5. The standard InChI is InChI=1S/C18H16FNO5S/c1-2-11-20-26(23,24)16-9-5-14(6-10-16)18(22)25-12-17(21)13-3-7-15(19)8-4-13/h2-10,20H,1,11-12H2. The van der Waals surface area contributed by atoms with Crippen molar-refractivity contribution in [2.75, 3.05) is 13.2 Å². The van der Waals surface area contributed by atoms with E-state index in [4.69, 9.17) is 4.74 Å². The molecule has 8 heteroatoms. The van der Waals surface area contributed by atoms with Crippen LogP contribution in [-0.4, -0.2) is 33.3 Å². The van der Waals surface area contributed by atoms with Gasteiger partial charge in [-0.2, -0.15) is 0 Å². The van der Waals surface area contributed by atoms with Crippen LogP contribution in [0.2, 0.25) is 0 Å². The molecule has 0 bridgehead atoms. The number of hydrogen-bond acceptors (Lipinski definition) is 5. The van der Waals surface area contributed by atoms with Crippen LogP contribution in [0.5, 0.6) is 0 Å². The van der Waals surface area contributed by atoms with Crippen molar-refractivity contribution in [3.63, 3.8) is 0 Å². The van der Waals surface area contributed by atoms with Crippen molar-refractivity contribution in [2.24, 2.45) is 0 Å². The molecule has 0 aliphatic heterocycles. The number of nitrogens with one attached hydrogen (secondary N) is 1. The van der Waals surface area contributed by atoms with Crippen molar-refractivity contribution in [3.8, 4) is 0 Å². The number of hydrogen-bond donors (Lipinski definition) is 1. The van der Waals surface area contributed by atoms with E-state index in [9.17, 15) is 22.4 Å². The van der Waals surface area contributed by atoms with E-state index < -0.39 is 34.2 Å². The summed E-state index contributed by atoms with van der Waals surface area (Å²) < 4.78 is 43.9. The SMILES string of the molecule is C=CCNS(=O)(=O)c1ccc(C(=O)OCC(=O)c2ccc(F)cc2)cc1. The van der Waals surface area contributed by atoms with E-state index in [1.807, 2.05) is 0 Å². The lowest BCUT2D eigenvalue weighted by Gasteiger charge is -2.07. The first kappa shape index (κ1) is 19.5. The molecule has 0 heterocycles. The topological polar surface area (TPSA) is 89.5 Å². The van der Waals surface area contributed by atoms with Gasteiger partial charge in [-0.15, -0.1) is 6.58 Å². The third-order valence-corrected chi connectivity index (χ3v) is 4.76. The molecule has 0 fully saturated rings. The summed E-state index contributed by atoms with van der Waals surface area (Å²) >= 11 is 0. The number of halogens is 1. The summed E-state index contributed by atoms with van der Waals surface area (Å²) in [6, 6.07) is 9.93. The Morgan fingerprint density at radius 2 is 1.62 bits per heavy atom. The van der Waals surface area contributed by atoms with Crippen LogP contribution < -0.4 is 4.72 Å². The Morgan fingerprint density at radius 1 is 1.04 bits per heavy atom. The van der Waals surface area contributed by atoms with Gasteiger partial charge >= 0.3 is 5.97 Å². The average molecular weight is 377 g/mol. The molecule has 0 amide bonds. The molecule has 0 unspecified atom stereocenters. The molecule has 0 aromatic heterocycles. The minimum atomic E-state index is -3.69. The molecule has 2 aromatic rings. The fourth-order valence-corrected chi connectivity index (χ4v) is 2.95. The summed E-state index contributed by atoms with van der Waals surface area (Å²) in [5.74, 6) is -1.73. The highest BCUT2D eigenvalue weighted by Crippen LogP contribution is 2.12. The van der Waals surface area contributed by atoms with Gasteiger partial charge in [-0.1, -0.05) is 6.08 Å². The summed E-state index contributed by atoms with van der Waals surface area (Å²) in [5, 5.41) is 0. The molecule has 0 spiro atoms. The molecule has 2 rings (SSSR count). The van der Waals surface area contributed by atoms with E-state index in [-0.39, 0.29) is 22.6 Å².